The molecule has 2 heterocycles. The van der Waals surface area contributed by atoms with Gasteiger partial charge in [0.25, 0.3) is 0 Å². The lowest BCUT2D eigenvalue weighted by molar-refractivity contribution is -0.115. The Hall–Kier alpha value is -3.15. The number of pyridine rings is 1. The number of anilines is 1. The molecule has 0 atom stereocenters. The number of ether oxygens (including phenoxy) is 1. The second-order valence-corrected chi connectivity index (χ2v) is 4.94. The van der Waals surface area contributed by atoms with Gasteiger partial charge in [-0.1, -0.05) is 30.3 Å². The van der Waals surface area contributed by atoms with Gasteiger partial charge >= 0.3 is 0 Å². The summed E-state index contributed by atoms with van der Waals surface area (Å²) in [6.07, 6.45) is 3.38. The number of nitrogens with zero attached hydrogens (tertiary/aromatic N) is 2. The maximum absolute atomic E-state index is 12.2. The molecule has 6 heteroatoms. The van der Waals surface area contributed by atoms with Crippen molar-refractivity contribution in [2.24, 2.45) is 0 Å². The van der Waals surface area contributed by atoms with Crippen LogP contribution in [0, 0.1) is 0 Å². The number of amides is 1. The van der Waals surface area contributed by atoms with Crippen LogP contribution >= 0.6 is 0 Å². The number of benzene rings is 1. The maximum Gasteiger partial charge on any atom is 0.230 e. The number of methoxy groups -OCH3 is 1. The number of rotatable bonds is 5. The highest BCUT2D eigenvalue weighted by atomic mass is 16.5. The average molecular weight is 308 g/mol. The predicted molar refractivity (Wildman–Crippen MR) is 87.1 cm³/mol. The Morgan fingerprint density at radius 3 is 2.87 bits per heavy atom. The lowest BCUT2D eigenvalue weighted by Crippen LogP contribution is -2.15. The number of nitrogens with one attached hydrogen (secondary N) is 2. The van der Waals surface area contributed by atoms with E-state index >= 15 is 0 Å². The summed E-state index contributed by atoms with van der Waals surface area (Å²) < 4.78 is 5.13. The number of hydrogen-bond donors (Lipinski definition) is 2. The smallest absolute Gasteiger partial charge is 0.230 e. The molecular weight excluding hydrogens is 292 g/mol. The van der Waals surface area contributed by atoms with E-state index in [0.29, 0.717) is 17.1 Å². The van der Waals surface area contributed by atoms with Crippen LogP contribution in [0.5, 0.6) is 5.75 Å². The lowest BCUT2D eigenvalue weighted by atomic mass is 10.1. The average Bonchev–Trinajstić information content (AvgIpc) is 3.03. The Morgan fingerprint density at radius 2 is 2.09 bits per heavy atom. The van der Waals surface area contributed by atoms with E-state index in [1.54, 1.807) is 31.6 Å². The molecule has 1 aromatic carbocycles. The van der Waals surface area contributed by atoms with Gasteiger partial charge in [0, 0.05) is 17.8 Å². The minimum atomic E-state index is -0.163. The highest BCUT2D eigenvalue weighted by Gasteiger charge is 2.12. The first kappa shape index (κ1) is 14.8. The van der Waals surface area contributed by atoms with Crippen LogP contribution in [0.1, 0.15) is 5.69 Å². The minimum absolute atomic E-state index is 0.163. The van der Waals surface area contributed by atoms with E-state index < -0.39 is 0 Å². The standard InChI is InChI=1S/C17H16N4O2/c1-23-14-7-8-18-13(9-14)10-16(22)20-15-11-19-21-17(15)12-5-3-2-4-6-12/h2-9,11H,10H2,1H3,(H,19,21)(H,20,22). The van der Waals surface area contributed by atoms with Gasteiger partial charge in [0.15, 0.2) is 0 Å². The molecule has 0 radical (unpaired) electrons. The summed E-state index contributed by atoms with van der Waals surface area (Å²) in [6, 6.07) is 13.2. The van der Waals surface area contributed by atoms with Crippen LogP contribution in [0.2, 0.25) is 0 Å². The normalized spacial score (nSPS) is 10.3. The van der Waals surface area contributed by atoms with Crippen LogP contribution < -0.4 is 10.1 Å². The topological polar surface area (TPSA) is 79.9 Å². The summed E-state index contributed by atoms with van der Waals surface area (Å²) in [7, 11) is 1.58. The molecule has 6 nitrogen and oxygen atoms in total. The number of hydrogen-bond acceptors (Lipinski definition) is 4. The van der Waals surface area contributed by atoms with Crippen molar-refractivity contribution in [3.05, 3.63) is 60.6 Å². The third-order valence-electron chi connectivity index (χ3n) is 3.34. The SMILES string of the molecule is COc1ccnc(CC(=O)Nc2cn[nH]c2-c2ccccc2)c1. The molecule has 3 rings (SSSR count). The molecule has 116 valence electrons. The molecule has 0 saturated heterocycles. The summed E-state index contributed by atoms with van der Waals surface area (Å²) in [6.45, 7) is 0. The van der Waals surface area contributed by atoms with Crippen molar-refractivity contribution in [3.63, 3.8) is 0 Å². The van der Waals surface area contributed by atoms with Gasteiger partial charge in [0.1, 0.15) is 5.75 Å². The minimum Gasteiger partial charge on any atom is -0.497 e. The molecule has 3 aromatic rings. The van der Waals surface area contributed by atoms with E-state index in [1.807, 2.05) is 30.3 Å². The molecule has 0 saturated carbocycles. The Morgan fingerprint density at radius 1 is 1.26 bits per heavy atom. The fraction of sp³-hybridized carbons (Fsp3) is 0.118. The van der Waals surface area contributed by atoms with E-state index in [2.05, 4.69) is 20.5 Å². The maximum atomic E-state index is 12.2. The first-order valence-electron chi connectivity index (χ1n) is 7.14. The summed E-state index contributed by atoms with van der Waals surface area (Å²) in [5.41, 5.74) is 3.02. The molecule has 0 unspecified atom stereocenters. The first-order chi connectivity index (χ1) is 11.3. The van der Waals surface area contributed by atoms with Crippen LogP contribution in [0.3, 0.4) is 0 Å². The van der Waals surface area contributed by atoms with Gasteiger partial charge in [-0.05, 0) is 6.07 Å². The summed E-state index contributed by atoms with van der Waals surface area (Å²) in [5, 5.41) is 9.78. The number of H-pyrrole nitrogens is 1. The van der Waals surface area contributed by atoms with Crippen molar-refractivity contribution < 1.29 is 9.53 Å². The van der Waals surface area contributed by atoms with Crippen molar-refractivity contribution in [2.45, 2.75) is 6.42 Å². The Labute approximate surface area is 133 Å². The zero-order valence-corrected chi connectivity index (χ0v) is 12.6. The molecule has 0 aliphatic carbocycles. The summed E-state index contributed by atoms with van der Waals surface area (Å²) in [5.74, 6) is 0.514. The van der Waals surface area contributed by atoms with E-state index in [4.69, 9.17) is 4.74 Å². The number of aromatic nitrogens is 3. The molecule has 2 N–H and O–H groups in total. The molecule has 0 spiro atoms. The molecule has 0 aliphatic rings. The van der Waals surface area contributed by atoms with Crippen molar-refractivity contribution in [2.75, 3.05) is 12.4 Å². The monoisotopic (exact) mass is 308 g/mol. The van der Waals surface area contributed by atoms with Crippen molar-refractivity contribution in [1.82, 2.24) is 15.2 Å². The van der Waals surface area contributed by atoms with Gasteiger partial charge in [0.2, 0.25) is 5.91 Å². The van der Waals surface area contributed by atoms with Crippen LogP contribution in [0.4, 0.5) is 5.69 Å². The van der Waals surface area contributed by atoms with Crippen molar-refractivity contribution in [1.29, 1.82) is 0 Å². The first-order valence-corrected chi connectivity index (χ1v) is 7.14. The molecule has 2 aromatic heterocycles. The van der Waals surface area contributed by atoms with Crippen LogP contribution in [0.15, 0.2) is 54.9 Å². The van der Waals surface area contributed by atoms with E-state index in [9.17, 15) is 4.79 Å². The fourth-order valence-electron chi connectivity index (χ4n) is 2.24. The van der Waals surface area contributed by atoms with E-state index in [0.717, 1.165) is 11.3 Å². The number of carbonyl (C=O) groups excluding carboxylic acids is 1. The van der Waals surface area contributed by atoms with Crippen molar-refractivity contribution in [3.8, 4) is 17.0 Å². The van der Waals surface area contributed by atoms with Gasteiger partial charge in [0.05, 0.1) is 36.8 Å². The predicted octanol–water partition coefficient (Wildman–Crippen LogP) is 2.66. The van der Waals surface area contributed by atoms with Gasteiger partial charge in [-0.3, -0.25) is 14.9 Å². The zero-order chi connectivity index (χ0) is 16.1. The Balaban J connectivity index is 1.73. The highest BCUT2D eigenvalue weighted by molar-refractivity contribution is 5.95. The van der Waals surface area contributed by atoms with Crippen LogP contribution in [0.25, 0.3) is 11.3 Å². The van der Waals surface area contributed by atoms with Gasteiger partial charge in [-0.25, -0.2) is 0 Å². The molecule has 23 heavy (non-hydrogen) atoms. The number of aromatic amines is 1. The van der Waals surface area contributed by atoms with E-state index in [1.165, 1.54) is 0 Å². The van der Waals surface area contributed by atoms with Crippen LogP contribution in [-0.2, 0) is 11.2 Å². The second kappa shape index (κ2) is 6.74. The lowest BCUT2D eigenvalue weighted by Gasteiger charge is -2.06. The summed E-state index contributed by atoms with van der Waals surface area (Å²) >= 11 is 0. The molecule has 0 aliphatic heterocycles. The van der Waals surface area contributed by atoms with Gasteiger partial charge < -0.3 is 10.1 Å². The van der Waals surface area contributed by atoms with Gasteiger partial charge in [-0.15, -0.1) is 0 Å². The van der Waals surface area contributed by atoms with Gasteiger partial charge in [-0.2, -0.15) is 5.10 Å². The van der Waals surface area contributed by atoms with Crippen molar-refractivity contribution >= 4 is 11.6 Å². The largest absolute Gasteiger partial charge is 0.497 e. The van der Waals surface area contributed by atoms with E-state index in [-0.39, 0.29) is 12.3 Å². The Kier molecular flexibility index (Phi) is 4.33. The molecule has 0 fully saturated rings. The highest BCUT2D eigenvalue weighted by Crippen LogP contribution is 2.25. The zero-order valence-electron chi connectivity index (χ0n) is 12.6. The quantitative estimate of drug-likeness (QED) is 0.759. The molecule has 1 amide bonds. The fourth-order valence-corrected chi connectivity index (χ4v) is 2.24. The number of carbonyl (C=O) groups is 1. The summed E-state index contributed by atoms with van der Waals surface area (Å²) in [4.78, 5) is 16.4. The molecular formula is C17H16N4O2. The van der Waals surface area contributed by atoms with Crippen LogP contribution in [-0.4, -0.2) is 28.2 Å². The second-order valence-electron chi connectivity index (χ2n) is 4.94. The Bertz CT molecular complexity index is 799. The third-order valence-corrected chi connectivity index (χ3v) is 3.34. The molecule has 0 bridgehead atoms. The third kappa shape index (κ3) is 3.55.